The molecule has 1 amide bonds. The summed E-state index contributed by atoms with van der Waals surface area (Å²) >= 11 is 0. The molecule has 0 bridgehead atoms. The fraction of sp³-hybridized carbons (Fsp3) is 0.500. The minimum Gasteiger partial charge on any atom is -0.353 e. The molecular weight excluding hydrogens is 371 g/mol. The van der Waals surface area contributed by atoms with Gasteiger partial charge in [0.25, 0.3) is 0 Å². The standard InChI is InChI=1S/C18H23FN4O3S/c1-12-3-7-16(8-4-12)23-13(2)17(21-22-23)10-18(24)20-15-6-5-14(9-15)11-27(19,25)26/h3-4,7-8,14-15H,5-6,9-11H2,1-2H3,(H,20,24)/t14-,15+/m0/s1. The van der Waals surface area contributed by atoms with Crippen LogP contribution in [0.5, 0.6) is 0 Å². The fourth-order valence-corrected chi connectivity index (χ4v) is 4.39. The van der Waals surface area contributed by atoms with E-state index in [1.54, 1.807) is 4.68 Å². The van der Waals surface area contributed by atoms with Gasteiger partial charge < -0.3 is 5.32 Å². The minimum absolute atomic E-state index is 0.0975. The van der Waals surface area contributed by atoms with Gasteiger partial charge in [-0.1, -0.05) is 22.9 Å². The van der Waals surface area contributed by atoms with Gasteiger partial charge in [-0.2, -0.15) is 8.42 Å². The number of benzene rings is 1. The van der Waals surface area contributed by atoms with E-state index in [-0.39, 0.29) is 24.3 Å². The maximum Gasteiger partial charge on any atom is 0.302 e. The van der Waals surface area contributed by atoms with Gasteiger partial charge in [-0.05, 0) is 51.2 Å². The van der Waals surface area contributed by atoms with Crippen LogP contribution in [-0.4, -0.2) is 41.1 Å². The number of hydrogen-bond donors (Lipinski definition) is 1. The summed E-state index contributed by atoms with van der Waals surface area (Å²) in [6.07, 6.45) is 1.82. The van der Waals surface area contributed by atoms with Gasteiger partial charge in [0, 0.05) is 6.04 Å². The Balaban J connectivity index is 1.58. The van der Waals surface area contributed by atoms with Crippen LogP contribution < -0.4 is 5.32 Å². The first-order valence-electron chi connectivity index (χ1n) is 8.91. The Hall–Kier alpha value is -2.29. The minimum atomic E-state index is -4.47. The smallest absolute Gasteiger partial charge is 0.302 e. The van der Waals surface area contributed by atoms with Gasteiger partial charge in [0.2, 0.25) is 5.91 Å². The van der Waals surface area contributed by atoms with E-state index in [4.69, 9.17) is 0 Å². The number of hydrogen-bond acceptors (Lipinski definition) is 5. The Morgan fingerprint density at radius 2 is 1.96 bits per heavy atom. The van der Waals surface area contributed by atoms with E-state index in [1.807, 2.05) is 38.1 Å². The quantitative estimate of drug-likeness (QED) is 0.757. The average molecular weight is 394 g/mol. The highest BCUT2D eigenvalue weighted by Gasteiger charge is 2.29. The van der Waals surface area contributed by atoms with Crippen molar-refractivity contribution >= 4 is 16.1 Å². The van der Waals surface area contributed by atoms with E-state index in [2.05, 4.69) is 15.6 Å². The molecule has 0 spiro atoms. The molecule has 0 unspecified atom stereocenters. The van der Waals surface area contributed by atoms with Crippen LogP contribution in [0.3, 0.4) is 0 Å². The molecule has 1 aromatic heterocycles. The molecule has 1 fully saturated rings. The van der Waals surface area contributed by atoms with Crippen LogP contribution in [0, 0.1) is 19.8 Å². The van der Waals surface area contributed by atoms with Gasteiger partial charge in [-0.15, -0.1) is 8.98 Å². The Morgan fingerprint density at radius 1 is 1.26 bits per heavy atom. The molecule has 2 aromatic rings. The molecule has 2 atom stereocenters. The first kappa shape index (κ1) is 19.5. The first-order valence-corrected chi connectivity index (χ1v) is 10.5. The summed E-state index contributed by atoms with van der Waals surface area (Å²) in [6.45, 7) is 3.87. The van der Waals surface area contributed by atoms with E-state index >= 15 is 0 Å². The second-order valence-electron chi connectivity index (χ2n) is 7.19. The number of rotatable bonds is 6. The maximum absolute atomic E-state index is 12.8. The Kier molecular flexibility index (Phi) is 5.59. The van der Waals surface area contributed by atoms with Crippen molar-refractivity contribution in [1.82, 2.24) is 20.3 Å². The van der Waals surface area contributed by atoms with Gasteiger partial charge >= 0.3 is 10.2 Å². The molecule has 1 N–H and O–H groups in total. The van der Waals surface area contributed by atoms with Crippen molar-refractivity contribution in [2.24, 2.45) is 5.92 Å². The summed E-state index contributed by atoms with van der Waals surface area (Å²) in [5.74, 6) is -0.902. The van der Waals surface area contributed by atoms with E-state index in [0.29, 0.717) is 25.0 Å². The SMILES string of the molecule is Cc1ccc(-n2nnc(CC(=O)N[C@@H]3CC[C@H](CS(=O)(=O)F)C3)c2C)cc1. The van der Waals surface area contributed by atoms with Crippen LogP contribution in [0.25, 0.3) is 5.69 Å². The molecule has 1 aromatic carbocycles. The van der Waals surface area contributed by atoms with E-state index in [0.717, 1.165) is 16.9 Å². The number of amides is 1. The molecule has 0 aliphatic heterocycles. The van der Waals surface area contributed by atoms with Crippen LogP contribution in [0.1, 0.15) is 36.2 Å². The molecule has 0 radical (unpaired) electrons. The topological polar surface area (TPSA) is 93.9 Å². The highest BCUT2D eigenvalue weighted by Crippen LogP contribution is 2.27. The molecule has 3 rings (SSSR count). The fourth-order valence-electron chi connectivity index (χ4n) is 3.52. The third-order valence-electron chi connectivity index (χ3n) is 4.94. The van der Waals surface area contributed by atoms with Gasteiger partial charge in [-0.25, -0.2) is 4.68 Å². The number of carbonyl (C=O) groups is 1. The molecule has 9 heteroatoms. The predicted molar refractivity (Wildman–Crippen MR) is 98.7 cm³/mol. The van der Waals surface area contributed by atoms with Crippen molar-refractivity contribution in [1.29, 1.82) is 0 Å². The molecule has 1 aliphatic carbocycles. The van der Waals surface area contributed by atoms with Crippen LogP contribution in [-0.2, 0) is 21.4 Å². The molecule has 0 saturated heterocycles. The van der Waals surface area contributed by atoms with Crippen LogP contribution >= 0.6 is 0 Å². The summed E-state index contributed by atoms with van der Waals surface area (Å²) in [4.78, 5) is 12.3. The highest BCUT2D eigenvalue weighted by molar-refractivity contribution is 7.86. The van der Waals surface area contributed by atoms with Crippen molar-refractivity contribution in [2.75, 3.05) is 5.75 Å². The van der Waals surface area contributed by atoms with Crippen LogP contribution in [0.15, 0.2) is 24.3 Å². The zero-order valence-corrected chi connectivity index (χ0v) is 16.2. The summed E-state index contributed by atoms with van der Waals surface area (Å²) in [7, 11) is -4.47. The number of carbonyl (C=O) groups excluding carboxylic acids is 1. The third-order valence-corrected chi connectivity index (χ3v) is 5.81. The highest BCUT2D eigenvalue weighted by atomic mass is 32.3. The molecule has 1 heterocycles. The number of aromatic nitrogens is 3. The Labute approximate surface area is 158 Å². The summed E-state index contributed by atoms with van der Waals surface area (Å²) in [5, 5.41) is 11.1. The van der Waals surface area contributed by atoms with Crippen molar-refractivity contribution in [3.63, 3.8) is 0 Å². The predicted octanol–water partition coefficient (Wildman–Crippen LogP) is 2.01. The lowest BCUT2D eigenvalue weighted by Crippen LogP contribution is -2.34. The molecular formula is C18H23FN4O3S. The van der Waals surface area contributed by atoms with Gasteiger partial charge in [0.05, 0.1) is 29.2 Å². The van der Waals surface area contributed by atoms with Crippen LogP contribution in [0.2, 0.25) is 0 Å². The lowest BCUT2D eigenvalue weighted by molar-refractivity contribution is -0.121. The number of nitrogens with zero attached hydrogens (tertiary/aromatic N) is 3. The largest absolute Gasteiger partial charge is 0.353 e. The first-order chi connectivity index (χ1) is 12.7. The lowest BCUT2D eigenvalue weighted by atomic mass is 10.1. The Morgan fingerprint density at radius 3 is 2.63 bits per heavy atom. The monoisotopic (exact) mass is 394 g/mol. The molecule has 1 aliphatic rings. The average Bonchev–Trinajstić information content (AvgIpc) is 3.14. The zero-order chi connectivity index (χ0) is 19.6. The molecule has 27 heavy (non-hydrogen) atoms. The van der Waals surface area contributed by atoms with Gasteiger partial charge in [0.1, 0.15) is 0 Å². The van der Waals surface area contributed by atoms with Crippen LogP contribution in [0.4, 0.5) is 3.89 Å². The van der Waals surface area contributed by atoms with Crippen molar-refractivity contribution in [2.45, 2.75) is 45.6 Å². The normalized spacial score (nSPS) is 20.0. The van der Waals surface area contributed by atoms with Gasteiger partial charge in [0.15, 0.2) is 0 Å². The maximum atomic E-state index is 12.8. The summed E-state index contributed by atoms with van der Waals surface area (Å²) in [6, 6.07) is 7.72. The number of halogens is 1. The molecule has 7 nitrogen and oxygen atoms in total. The van der Waals surface area contributed by atoms with E-state index in [9.17, 15) is 17.1 Å². The molecule has 1 saturated carbocycles. The second kappa shape index (κ2) is 7.75. The Bertz CT molecular complexity index is 925. The van der Waals surface area contributed by atoms with Crippen molar-refractivity contribution in [3.8, 4) is 5.69 Å². The summed E-state index contributed by atoms with van der Waals surface area (Å²) in [5.41, 5.74) is 3.41. The van der Waals surface area contributed by atoms with E-state index in [1.165, 1.54) is 0 Å². The lowest BCUT2D eigenvalue weighted by Gasteiger charge is -2.12. The number of aryl methyl sites for hydroxylation is 1. The summed E-state index contributed by atoms with van der Waals surface area (Å²) < 4.78 is 36.0. The van der Waals surface area contributed by atoms with Gasteiger partial charge in [-0.3, -0.25) is 4.79 Å². The van der Waals surface area contributed by atoms with Crippen molar-refractivity contribution in [3.05, 3.63) is 41.2 Å². The van der Waals surface area contributed by atoms with E-state index < -0.39 is 16.0 Å². The number of nitrogens with one attached hydrogen (secondary N) is 1. The zero-order valence-electron chi connectivity index (χ0n) is 15.4. The third kappa shape index (κ3) is 5.12. The van der Waals surface area contributed by atoms with Crippen molar-refractivity contribution < 1.29 is 17.1 Å². The molecule has 146 valence electrons. The second-order valence-corrected chi connectivity index (χ2v) is 8.61.